The van der Waals surface area contributed by atoms with Gasteiger partial charge in [-0.25, -0.2) is 0 Å². The first-order valence-electron chi connectivity index (χ1n) is 14.1. The van der Waals surface area contributed by atoms with Crippen molar-refractivity contribution >= 4 is 23.8 Å². The van der Waals surface area contributed by atoms with Gasteiger partial charge >= 0.3 is 0 Å². The lowest BCUT2D eigenvalue weighted by molar-refractivity contribution is 0.261. The lowest BCUT2D eigenvalue weighted by atomic mass is 9.98. The molecule has 3 atom stereocenters. The molecule has 0 aromatic rings. The maximum Gasteiger partial charge on any atom is 0.218 e. The lowest BCUT2D eigenvalue weighted by Crippen LogP contribution is -2.46. The number of guanidine groups is 4. The molecule has 1 rings (SSSR count). The van der Waals surface area contributed by atoms with Gasteiger partial charge in [-0.1, -0.05) is 66.2 Å². The molecular weight excluding hydrogens is 452 g/mol. The van der Waals surface area contributed by atoms with Crippen LogP contribution in [0.1, 0.15) is 91.9 Å². The van der Waals surface area contributed by atoms with Crippen molar-refractivity contribution in [3.8, 4) is 0 Å². The molecule has 0 aromatic carbocycles. The number of hydrogen-bond acceptors (Lipinski definition) is 3. The van der Waals surface area contributed by atoms with Crippen molar-refractivity contribution in [2.24, 2.45) is 60.7 Å². The van der Waals surface area contributed by atoms with Crippen molar-refractivity contribution in [3.05, 3.63) is 0 Å². The van der Waals surface area contributed by atoms with Crippen LogP contribution in [0.15, 0.2) is 20.0 Å². The maximum atomic E-state index is 6.26. The minimum atomic E-state index is 0.255. The molecule has 1 fully saturated rings. The number of piperidine rings is 1. The van der Waals surface area contributed by atoms with Crippen LogP contribution in [-0.4, -0.2) is 61.5 Å². The highest BCUT2D eigenvalue weighted by Gasteiger charge is 2.21. The molecule has 0 radical (unpaired) electrons. The smallest absolute Gasteiger partial charge is 0.218 e. The van der Waals surface area contributed by atoms with E-state index in [-0.39, 0.29) is 5.96 Å². The van der Waals surface area contributed by atoms with Crippen LogP contribution in [0.4, 0.5) is 0 Å². The Bertz CT molecular complexity index is 716. The fourth-order valence-electron chi connectivity index (χ4n) is 4.37. The number of likely N-dealkylation sites (tertiary alicyclic amines) is 1. The first-order chi connectivity index (χ1) is 17.3. The second kappa shape index (κ2) is 18.7. The molecule has 36 heavy (non-hydrogen) atoms. The van der Waals surface area contributed by atoms with Crippen molar-refractivity contribution in [1.29, 1.82) is 0 Å². The van der Waals surface area contributed by atoms with Crippen LogP contribution in [0.3, 0.4) is 0 Å². The molecule has 0 bridgehead atoms. The minimum Gasteiger partial charge on any atom is -0.370 e. The second-order valence-corrected chi connectivity index (χ2v) is 10.0. The zero-order valence-corrected chi connectivity index (χ0v) is 23.4. The topological polar surface area (TPSA) is 169 Å². The van der Waals surface area contributed by atoms with E-state index in [1.54, 1.807) is 0 Å². The first kappa shape index (κ1) is 31.5. The van der Waals surface area contributed by atoms with Gasteiger partial charge in [0, 0.05) is 32.7 Å². The number of nitrogens with two attached hydrogens (primary N) is 4. The Morgan fingerprint density at radius 2 is 1.44 bits per heavy atom. The summed E-state index contributed by atoms with van der Waals surface area (Å²) in [6.45, 7) is 12.4. The van der Waals surface area contributed by atoms with Crippen LogP contribution < -0.4 is 28.3 Å². The number of unbranched alkanes of at least 4 members (excludes halogenated alkanes) is 2. The normalized spacial score (nSPS) is 19.9. The average molecular weight is 507 g/mol. The third kappa shape index (κ3) is 13.5. The van der Waals surface area contributed by atoms with Crippen LogP contribution >= 0.6 is 0 Å². The van der Waals surface area contributed by atoms with E-state index in [0.717, 1.165) is 38.8 Å². The summed E-state index contributed by atoms with van der Waals surface area (Å²) in [7, 11) is 0. The summed E-state index contributed by atoms with van der Waals surface area (Å²) in [6.07, 6.45) is 11.4. The van der Waals surface area contributed by atoms with Crippen molar-refractivity contribution in [2.75, 3.05) is 32.7 Å². The van der Waals surface area contributed by atoms with Gasteiger partial charge in [0.15, 0.2) is 17.9 Å². The molecule has 1 heterocycles. The van der Waals surface area contributed by atoms with Crippen LogP contribution in [0.5, 0.6) is 0 Å². The minimum absolute atomic E-state index is 0.255. The predicted molar refractivity (Wildman–Crippen MR) is 155 cm³/mol. The van der Waals surface area contributed by atoms with Gasteiger partial charge in [0.2, 0.25) is 5.96 Å². The molecule has 0 saturated carbocycles. The lowest BCUT2D eigenvalue weighted by Gasteiger charge is -2.32. The van der Waals surface area contributed by atoms with Crippen LogP contribution in [0.2, 0.25) is 0 Å². The zero-order chi connectivity index (χ0) is 26.8. The Labute approximate surface area is 219 Å². The molecule has 3 unspecified atom stereocenters. The molecule has 0 amide bonds. The maximum absolute atomic E-state index is 6.26. The van der Waals surface area contributed by atoms with Crippen molar-refractivity contribution in [3.63, 3.8) is 0 Å². The Hall–Kier alpha value is -2.52. The van der Waals surface area contributed by atoms with Gasteiger partial charge in [0.05, 0.1) is 0 Å². The summed E-state index contributed by atoms with van der Waals surface area (Å²) >= 11 is 0. The summed E-state index contributed by atoms with van der Waals surface area (Å²) in [5, 5.41) is 2.92. The molecule has 0 spiro atoms. The number of nitrogens with one attached hydrogen (secondary N) is 1. The van der Waals surface area contributed by atoms with E-state index in [2.05, 4.69) is 57.9 Å². The van der Waals surface area contributed by atoms with Gasteiger partial charge in [0.1, 0.15) is 0 Å². The number of aliphatic imine (C=N–C) groups is 4. The molecule has 9 N–H and O–H groups in total. The van der Waals surface area contributed by atoms with E-state index in [1.807, 2.05) is 0 Å². The monoisotopic (exact) mass is 506 g/mol. The highest BCUT2D eigenvalue weighted by Crippen LogP contribution is 2.17. The van der Waals surface area contributed by atoms with E-state index in [4.69, 9.17) is 22.9 Å². The molecule has 10 heteroatoms. The Balaban J connectivity index is 2.56. The van der Waals surface area contributed by atoms with E-state index >= 15 is 0 Å². The highest BCUT2D eigenvalue weighted by atomic mass is 15.3. The fourth-order valence-corrected chi connectivity index (χ4v) is 4.37. The summed E-state index contributed by atoms with van der Waals surface area (Å²) in [5.74, 6) is 2.71. The van der Waals surface area contributed by atoms with Gasteiger partial charge in [-0.15, -0.1) is 0 Å². The zero-order valence-electron chi connectivity index (χ0n) is 23.4. The molecule has 1 aliphatic heterocycles. The van der Waals surface area contributed by atoms with Crippen molar-refractivity contribution in [1.82, 2.24) is 10.2 Å². The molecule has 1 aliphatic rings. The number of nitrogens with zero attached hydrogens (tertiary/aromatic N) is 5. The molecule has 10 nitrogen and oxygen atoms in total. The summed E-state index contributed by atoms with van der Waals surface area (Å²) in [5.41, 5.74) is 24.4. The van der Waals surface area contributed by atoms with Crippen LogP contribution in [0, 0.1) is 17.8 Å². The Morgan fingerprint density at radius 3 is 2.03 bits per heavy atom. The van der Waals surface area contributed by atoms with Crippen LogP contribution in [0.25, 0.3) is 0 Å². The molecule has 0 aromatic heterocycles. The second-order valence-electron chi connectivity index (χ2n) is 10.0. The van der Waals surface area contributed by atoms with E-state index in [9.17, 15) is 0 Å². The van der Waals surface area contributed by atoms with Crippen molar-refractivity contribution < 1.29 is 0 Å². The van der Waals surface area contributed by atoms with Gasteiger partial charge in [-0.05, 0) is 43.4 Å². The quantitative estimate of drug-likeness (QED) is 0.179. The standard InChI is InChI=1S/C26H54N10/c1-5-9-12-20(7-3)16-31-23(27)34-24(28)33-18-22-14-11-15-36(19-22)26(30)35-25(29)32-17-21(8-4)13-10-6-2/h20-22H,5-19H2,1-4H3,(H4,29,30,32,35)(H5,27,28,31,33,34). The van der Waals surface area contributed by atoms with Crippen LogP contribution in [-0.2, 0) is 0 Å². The van der Waals surface area contributed by atoms with Gasteiger partial charge in [-0.2, -0.15) is 4.99 Å². The SMILES string of the molecule is CCCCC(CC)CN=C(N)N=C(N)N1CCCC(CN=C(N)NC(N)=NCC(CC)CCCC)C1. The van der Waals surface area contributed by atoms with Gasteiger partial charge in [-0.3, -0.25) is 20.3 Å². The first-order valence-corrected chi connectivity index (χ1v) is 14.1. The highest BCUT2D eigenvalue weighted by molar-refractivity contribution is 5.97. The Morgan fingerprint density at radius 1 is 0.861 bits per heavy atom. The summed E-state index contributed by atoms with van der Waals surface area (Å²) < 4.78 is 0. The third-order valence-electron chi connectivity index (χ3n) is 6.97. The number of hydrogen-bond donors (Lipinski definition) is 5. The average Bonchev–Trinajstić information content (AvgIpc) is 2.87. The largest absolute Gasteiger partial charge is 0.370 e. The summed E-state index contributed by atoms with van der Waals surface area (Å²) in [4.78, 5) is 19.8. The number of rotatable bonds is 14. The van der Waals surface area contributed by atoms with Gasteiger partial charge < -0.3 is 27.8 Å². The fraction of sp³-hybridized carbons (Fsp3) is 0.846. The van der Waals surface area contributed by atoms with E-state index in [0.29, 0.717) is 55.3 Å². The Kier molecular flexibility index (Phi) is 16.4. The molecule has 208 valence electrons. The van der Waals surface area contributed by atoms with Gasteiger partial charge in [0.25, 0.3) is 0 Å². The van der Waals surface area contributed by atoms with E-state index in [1.165, 1.54) is 38.5 Å². The molecular formula is C26H54N10. The van der Waals surface area contributed by atoms with Crippen molar-refractivity contribution in [2.45, 2.75) is 91.9 Å². The molecule has 1 saturated heterocycles. The van der Waals surface area contributed by atoms with E-state index < -0.39 is 0 Å². The predicted octanol–water partition coefficient (Wildman–Crippen LogP) is 2.98. The molecule has 0 aliphatic carbocycles. The summed E-state index contributed by atoms with van der Waals surface area (Å²) in [6, 6.07) is 0. The third-order valence-corrected chi connectivity index (χ3v) is 6.97.